The molecule has 0 radical (unpaired) electrons. The summed E-state index contributed by atoms with van der Waals surface area (Å²) in [6, 6.07) is -3.35. The van der Waals surface area contributed by atoms with Gasteiger partial charge in [-0.1, -0.05) is 13.8 Å². The first kappa shape index (κ1) is 21.6. The molecule has 0 saturated heterocycles. The number of aliphatic hydroxyl groups excluding tert-OH is 1. The van der Waals surface area contributed by atoms with E-state index in [1.54, 1.807) is 0 Å². The van der Waals surface area contributed by atoms with Crippen molar-refractivity contribution in [1.29, 1.82) is 0 Å². The van der Waals surface area contributed by atoms with Gasteiger partial charge in [-0.2, -0.15) is 0 Å². The lowest BCUT2D eigenvalue weighted by Crippen LogP contribution is -2.57. The molecule has 4 atom stereocenters. The fourth-order valence-corrected chi connectivity index (χ4v) is 2.36. The van der Waals surface area contributed by atoms with Crippen molar-refractivity contribution in [1.82, 2.24) is 20.6 Å². The molecular weight excluding hydrogens is 342 g/mol. The Hall–Kier alpha value is -2.46. The van der Waals surface area contributed by atoms with Crippen molar-refractivity contribution in [3.8, 4) is 0 Å². The molecule has 0 unspecified atom stereocenters. The fraction of sp³-hybridized carbons (Fsp3) is 0.625. The Labute approximate surface area is 151 Å². The minimum atomic E-state index is -1.49. The standard InChI is InChI=1S/C16H27N5O5/c1-8(2)4-11(17)14(23)20-12(5-10-6-18-7-19-10)15(24)21-13(9(3)22)16(25)26/h6-9,11-13,22H,4-5,17H2,1-3H3,(H,18,19)(H,20,23)(H,21,24)(H,25,26)/t9-,11+,12+,13+/m1/s1. The summed E-state index contributed by atoms with van der Waals surface area (Å²) in [5.41, 5.74) is 6.42. The molecule has 0 bridgehead atoms. The number of aromatic amines is 1. The van der Waals surface area contributed by atoms with Gasteiger partial charge >= 0.3 is 5.97 Å². The Balaban J connectivity index is 2.88. The maximum Gasteiger partial charge on any atom is 0.328 e. The van der Waals surface area contributed by atoms with Gasteiger partial charge in [0.2, 0.25) is 11.8 Å². The molecule has 10 nitrogen and oxygen atoms in total. The third kappa shape index (κ3) is 6.81. The number of hydrogen-bond donors (Lipinski definition) is 6. The van der Waals surface area contributed by atoms with Gasteiger partial charge in [0, 0.05) is 18.3 Å². The molecule has 0 spiro atoms. The quantitative estimate of drug-likeness (QED) is 0.299. The number of H-pyrrole nitrogens is 1. The Morgan fingerprint density at radius 2 is 1.88 bits per heavy atom. The number of rotatable bonds is 10. The number of carbonyl (C=O) groups excluding carboxylic acids is 2. The third-order valence-electron chi connectivity index (χ3n) is 3.72. The Morgan fingerprint density at radius 3 is 2.35 bits per heavy atom. The van der Waals surface area contributed by atoms with Crippen molar-refractivity contribution in [2.75, 3.05) is 0 Å². The molecule has 0 aromatic carbocycles. The molecule has 1 heterocycles. The first-order valence-corrected chi connectivity index (χ1v) is 8.36. The monoisotopic (exact) mass is 369 g/mol. The van der Waals surface area contributed by atoms with E-state index in [0.29, 0.717) is 12.1 Å². The van der Waals surface area contributed by atoms with Crippen LogP contribution in [0, 0.1) is 5.92 Å². The number of carbonyl (C=O) groups is 3. The lowest BCUT2D eigenvalue weighted by molar-refractivity contribution is -0.145. The molecule has 146 valence electrons. The van der Waals surface area contributed by atoms with Crippen molar-refractivity contribution in [2.45, 2.75) is 57.8 Å². The predicted molar refractivity (Wildman–Crippen MR) is 92.9 cm³/mol. The SMILES string of the molecule is CC(C)C[C@H](N)C(=O)N[C@@H](Cc1cnc[nH]1)C(=O)N[C@H](C(=O)O)[C@@H](C)O. The summed E-state index contributed by atoms with van der Waals surface area (Å²) in [6.45, 7) is 5.09. The van der Waals surface area contributed by atoms with Gasteiger partial charge in [-0.05, 0) is 19.3 Å². The number of hydrogen-bond acceptors (Lipinski definition) is 6. The number of nitrogens with zero attached hydrogens (tertiary/aromatic N) is 1. The minimum absolute atomic E-state index is 0.0676. The van der Waals surface area contributed by atoms with Crippen LogP contribution in [0.4, 0.5) is 0 Å². The van der Waals surface area contributed by atoms with Crippen LogP contribution in [0.1, 0.15) is 32.9 Å². The second-order valence-corrected chi connectivity index (χ2v) is 6.64. The zero-order chi connectivity index (χ0) is 19.9. The van der Waals surface area contributed by atoms with Gasteiger partial charge in [-0.25, -0.2) is 9.78 Å². The summed E-state index contributed by atoms with van der Waals surface area (Å²) >= 11 is 0. The summed E-state index contributed by atoms with van der Waals surface area (Å²) in [5, 5.41) is 23.4. The smallest absolute Gasteiger partial charge is 0.328 e. The topological polar surface area (TPSA) is 170 Å². The van der Waals surface area contributed by atoms with Gasteiger partial charge in [0.05, 0.1) is 18.5 Å². The van der Waals surface area contributed by atoms with Crippen LogP contribution in [0.2, 0.25) is 0 Å². The fourth-order valence-electron chi connectivity index (χ4n) is 2.36. The molecule has 1 aromatic heterocycles. The van der Waals surface area contributed by atoms with Gasteiger partial charge in [0.1, 0.15) is 6.04 Å². The highest BCUT2D eigenvalue weighted by atomic mass is 16.4. The maximum atomic E-state index is 12.5. The lowest BCUT2D eigenvalue weighted by atomic mass is 10.0. The molecule has 1 rings (SSSR count). The van der Waals surface area contributed by atoms with Gasteiger partial charge in [0.15, 0.2) is 6.04 Å². The highest BCUT2D eigenvalue weighted by Gasteiger charge is 2.30. The van der Waals surface area contributed by atoms with Crippen molar-refractivity contribution in [3.63, 3.8) is 0 Å². The molecule has 0 aliphatic carbocycles. The molecule has 0 saturated carbocycles. The van der Waals surface area contributed by atoms with Gasteiger partial charge < -0.3 is 31.6 Å². The van der Waals surface area contributed by atoms with Crippen molar-refractivity contribution in [2.24, 2.45) is 11.7 Å². The largest absolute Gasteiger partial charge is 0.480 e. The van der Waals surface area contributed by atoms with E-state index < -0.39 is 42.0 Å². The van der Waals surface area contributed by atoms with Gasteiger partial charge in [0.25, 0.3) is 0 Å². The number of aliphatic hydroxyl groups is 1. The first-order chi connectivity index (χ1) is 12.1. The number of nitrogens with two attached hydrogens (primary N) is 1. The van der Waals surface area contributed by atoms with E-state index in [1.807, 2.05) is 13.8 Å². The molecular formula is C16H27N5O5. The zero-order valence-corrected chi connectivity index (χ0v) is 15.1. The number of amides is 2. The number of imidazole rings is 1. The van der Waals surface area contributed by atoms with E-state index in [4.69, 9.17) is 10.8 Å². The van der Waals surface area contributed by atoms with Crippen molar-refractivity contribution >= 4 is 17.8 Å². The van der Waals surface area contributed by atoms with E-state index >= 15 is 0 Å². The summed E-state index contributed by atoms with van der Waals surface area (Å²) < 4.78 is 0. The normalized spacial score (nSPS) is 15.8. The van der Waals surface area contributed by atoms with Crippen LogP contribution in [0.15, 0.2) is 12.5 Å². The van der Waals surface area contributed by atoms with Gasteiger partial charge in [-0.15, -0.1) is 0 Å². The molecule has 26 heavy (non-hydrogen) atoms. The average molecular weight is 369 g/mol. The second-order valence-electron chi connectivity index (χ2n) is 6.64. The number of carboxylic acids is 1. The summed E-state index contributed by atoms with van der Waals surface area (Å²) in [4.78, 5) is 42.6. The summed E-state index contributed by atoms with van der Waals surface area (Å²) in [5.74, 6) is -2.43. The Kier molecular flexibility index (Phi) is 8.20. The maximum absolute atomic E-state index is 12.5. The minimum Gasteiger partial charge on any atom is -0.480 e. The van der Waals surface area contributed by atoms with E-state index in [2.05, 4.69) is 20.6 Å². The lowest BCUT2D eigenvalue weighted by Gasteiger charge is -2.24. The number of nitrogens with one attached hydrogen (secondary N) is 3. The average Bonchev–Trinajstić information content (AvgIpc) is 3.03. The third-order valence-corrected chi connectivity index (χ3v) is 3.72. The Morgan fingerprint density at radius 1 is 1.23 bits per heavy atom. The van der Waals surface area contributed by atoms with E-state index in [0.717, 1.165) is 0 Å². The zero-order valence-electron chi connectivity index (χ0n) is 15.1. The highest BCUT2D eigenvalue weighted by Crippen LogP contribution is 2.05. The van der Waals surface area contributed by atoms with Crippen molar-refractivity contribution < 1.29 is 24.6 Å². The van der Waals surface area contributed by atoms with Gasteiger partial charge in [-0.3, -0.25) is 9.59 Å². The molecule has 2 amide bonds. The summed E-state index contributed by atoms with van der Waals surface area (Å²) in [7, 11) is 0. The van der Waals surface area contributed by atoms with Crippen LogP contribution in [-0.4, -0.2) is 62.2 Å². The number of aliphatic carboxylic acids is 1. The van der Waals surface area contributed by atoms with Crippen LogP contribution in [0.5, 0.6) is 0 Å². The predicted octanol–water partition coefficient (Wildman–Crippen LogP) is -1.24. The van der Waals surface area contributed by atoms with Crippen LogP contribution >= 0.6 is 0 Å². The van der Waals surface area contributed by atoms with E-state index in [1.165, 1.54) is 19.4 Å². The Bertz CT molecular complexity index is 602. The second kappa shape index (κ2) is 9.88. The van der Waals surface area contributed by atoms with E-state index in [9.17, 15) is 19.5 Å². The van der Waals surface area contributed by atoms with Crippen LogP contribution in [-0.2, 0) is 20.8 Å². The van der Waals surface area contributed by atoms with Crippen LogP contribution in [0.3, 0.4) is 0 Å². The van der Waals surface area contributed by atoms with Crippen LogP contribution in [0.25, 0.3) is 0 Å². The molecule has 0 aliphatic rings. The molecule has 7 N–H and O–H groups in total. The highest BCUT2D eigenvalue weighted by molar-refractivity contribution is 5.92. The molecule has 0 aliphatic heterocycles. The van der Waals surface area contributed by atoms with Crippen LogP contribution < -0.4 is 16.4 Å². The molecule has 1 aromatic rings. The van der Waals surface area contributed by atoms with Crippen molar-refractivity contribution in [3.05, 3.63) is 18.2 Å². The molecule has 10 heteroatoms. The first-order valence-electron chi connectivity index (χ1n) is 8.36. The molecule has 0 fully saturated rings. The summed E-state index contributed by atoms with van der Waals surface area (Å²) in [6.07, 6.45) is 2.12. The number of aromatic nitrogens is 2. The number of carboxylic acid groups (broad SMARTS) is 1. The van der Waals surface area contributed by atoms with E-state index in [-0.39, 0.29) is 12.3 Å².